The lowest BCUT2D eigenvalue weighted by atomic mass is 10.1. The zero-order valence-electron chi connectivity index (χ0n) is 13.7. The smallest absolute Gasteiger partial charge is 0.0534 e. The Labute approximate surface area is 131 Å². The molecule has 0 amide bonds. The lowest BCUT2D eigenvalue weighted by Crippen LogP contribution is -2.34. The molecule has 0 bridgehead atoms. The highest BCUT2D eigenvalue weighted by atomic mass is 32.1. The van der Waals surface area contributed by atoms with Crippen LogP contribution in [-0.4, -0.2) is 27.3 Å². The summed E-state index contributed by atoms with van der Waals surface area (Å²) in [5.74, 6) is 0. The van der Waals surface area contributed by atoms with Gasteiger partial charge in [0.25, 0.3) is 0 Å². The second-order valence-corrected chi connectivity index (χ2v) is 7.92. The van der Waals surface area contributed by atoms with E-state index in [9.17, 15) is 0 Å². The Bertz CT molecular complexity index is 565. The molecular formula is C16H26N4S. The highest BCUT2D eigenvalue weighted by Gasteiger charge is 2.10. The predicted molar refractivity (Wildman–Crippen MR) is 89.3 cm³/mol. The van der Waals surface area contributed by atoms with Gasteiger partial charge in [0.15, 0.2) is 0 Å². The lowest BCUT2D eigenvalue weighted by Gasteiger charge is -2.19. The van der Waals surface area contributed by atoms with Crippen LogP contribution in [0.2, 0.25) is 0 Å². The van der Waals surface area contributed by atoms with Crippen molar-refractivity contribution in [2.45, 2.75) is 45.9 Å². The van der Waals surface area contributed by atoms with E-state index in [1.807, 2.05) is 29.3 Å². The molecule has 0 unspecified atom stereocenters. The number of aryl methyl sites for hydroxylation is 1. The van der Waals surface area contributed by atoms with Gasteiger partial charge >= 0.3 is 0 Å². The molecule has 0 spiro atoms. The monoisotopic (exact) mass is 306 g/mol. The first-order chi connectivity index (χ1) is 9.82. The number of nitrogens with zero attached hydrogens (tertiary/aromatic N) is 3. The molecule has 2 rings (SSSR count). The number of nitrogens with one attached hydrogen (secondary N) is 1. The Morgan fingerprint density at radius 3 is 2.57 bits per heavy atom. The van der Waals surface area contributed by atoms with Crippen LogP contribution in [0.25, 0.3) is 0 Å². The van der Waals surface area contributed by atoms with Crippen LogP contribution in [0.5, 0.6) is 0 Å². The molecule has 0 saturated carbocycles. The van der Waals surface area contributed by atoms with Crippen molar-refractivity contribution in [2.75, 3.05) is 7.05 Å². The van der Waals surface area contributed by atoms with E-state index in [4.69, 9.17) is 0 Å². The van der Waals surface area contributed by atoms with Crippen molar-refractivity contribution in [3.8, 4) is 0 Å². The molecular weight excluding hydrogens is 280 g/mol. The topological polar surface area (TPSA) is 33.1 Å². The van der Waals surface area contributed by atoms with Crippen molar-refractivity contribution in [3.05, 3.63) is 39.8 Å². The summed E-state index contributed by atoms with van der Waals surface area (Å²) in [5.41, 5.74) is 1.42. The van der Waals surface area contributed by atoms with Crippen molar-refractivity contribution in [3.63, 3.8) is 0 Å². The zero-order chi connectivity index (χ0) is 15.5. The number of hydrogen-bond donors (Lipinski definition) is 1. The maximum Gasteiger partial charge on any atom is 0.0534 e. The molecule has 0 saturated heterocycles. The van der Waals surface area contributed by atoms with Gasteiger partial charge in [-0.15, -0.1) is 11.3 Å². The van der Waals surface area contributed by atoms with Crippen LogP contribution in [0, 0.1) is 0 Å². The van der Waals surface area contributed by atoms with E-state index in [2.05, 4.69) is 61.5 Å². The van der Waals surface area contributed by atoms with E-state index in [-0.39, 0.29) is 5.54 Å². The molecule has 0 aliphatic carbocycles. The molecule has 4 nitrogen and oxygen atoms in total. The van der Waals surface area contributed by atoms with E-state index in [1.54, 1.807) is 0 Å². The number of hydrogen-bond acceptors (Lipinski definition) is 4. The summed E-state index contributed by atoms with van der Waals surface area (Å²) in [7, 11) is 4.11. The van der Waals surface area contributed by atoms with E-state index in [0.717, 1.165) is 19.6 Å². The van der Waals surface area contributed by atoms with E-state index < -0.39 is 0 Å². The average Bonchev–Trinajstić information content (AvgIpc) is 2.95. The van der Waals surface area contributed by atoms with E-state index in [0.29, 0.717) is 0 Å². The van der Waals surface area contributed by atoms with Crippen LogP contribution in [0.4, 0.5) is 0 Å². The average molecular weight is 306 g/mol. The fraction of sp³-hybridized carbons (Fsp3) is 0.562. The molecule has 0 radical (unpaired) electrons. The summed E-state index contributed by atoms with van der Waals surface area (Å²) in [4.78, 5) is 5.13. The third-order valence-electron chi connectivity index (χ3n) is 3.15. The molecule has 0 atom stereocenters. The maximum absolute atomic E-state index is 4.21. The van der Waals surface area contributed by atoms with Gasteiger partial charge in [0.2, 0.25) is 0 Å². The molecule has 5 heteroatoms. The molecule has 2 aromatic heterocycles. The largest absolute Gasteiger partial charge is 0.307 e. The summed E-state index contributed by atoms with van der Waals surface area (Å²) in [6.45, 7) is 9.45. The van der Waals surface area contributed by atoms with Gasteiger partial charge in [-0.2, -0.15) is 5.10 Å². The third-order valence-corrected chi connectivity index (χ3v) is 4.22. The first-order valence-electron chi connectivity index (χ1n) is 7.30. The minimum absolute atomic E-state index is 0.168. The second kappa shape index (κ2) is 6.73. The van der Waals surface area contributed by atoms with Gasteiger partial charge in [-0.1, -0.05) is 0 Å². The fourth-order valence-electron chi connectivity index (χ4n) is 2.14. The van der Waals surface area contributed by atoms with Gasteiger partial charge in [-0.05, 0) is 40.0 Å². The normalized spacial score (nSPS) is 12.3. The number of rotatable bonds is 6. The summed E-state index contributed by atoms with van der Waals surface area (Å²) in [6, 6.07) is 4.47. The molecule has 2 heterocycles. The summed E-state index contributed by atoms with van der Waals surface area (Å²) in [6.07, 6.45) is 4.01. The fourth-order valence-corrected chi connectivity index (χ4v) is 3.18. The van der Waals surface area contributed by atoms with Gasteiger partial charge < -0.3 is 5.32 Å². The second-order valence-electron chi connectivity index (χ2n) is 6.67. The zero-order valence-corrected chi connectivity index (χ0v) is 14.5. The lowest BCUT2D eigenvalue weighted by molar-refractivity contribution is 0.322. The van der Waals surface area contributed by atoms with Gasteiger partial charge in [0.05, 0.1) is 6.20 Å². The maximum atomic E-state index is 4.21. The Morgan fingerprint density at radius 1 is 1.24 bits per heavy atom. The first kappa shape index (κ1) is 16.2. The van der Waals surface area contributed by atoms with Gasteiger partial charge in [-0.3, -0.25) is 9.58 Å². The molecule has 116 valence electrons. The van der Waals surface area contributed by atoms with Gasteiger partial charge in [0, 0.05) is 53.7 Å². The highest BCUT2D eigenvalue weighted by Crippen LogP contribution is 2.19. The first-order valence-corrected chi connectivity index (χ1v) is 8.12. The Hall–Kier alpha value is -1.17. The SMILES string of the molecule is CN(Cc1cnn(C)c1)Cc1ccc(CNC(C)(C)C)s1. The molecule has 21 heavy (non-hydrogen) atoms. The Morgan fingerprint density at radius 2 is 1.95 bits per heavy atom. The van der Waals surface area contributed by atoms with Crippen LogP contribution >= 0.6 is 11.3 Å². The quantitative estimate of drug-likeness (QED) is 0.890. The van der Waals surface area contributed by atoms with Crippen molar-refractivity contribution in [2.24, 2.45) is 7.05 Å². The summed E-state index contributed by atoms with van der Waals surface area (Å²) >= 11 is 1.89. The minimum atomic E-state index is 0.168. The van der Waals surface area contributed by atoms with E-state index >= 15 is 0 Å². The van der Waals surface area contributed by atoms with Crippen molar-refractivity contribution >= 4 is 11.3 Å². The van der Waals surface area contributed by atoms with Crippen molar-refractivity contribution in [1.29, 1.82) is 0 Å². The minimum Gasteiger partial charge on any atom is -0.307 e. The van der Waals surface area contributed by atoms with Crippen LogP contribution in [0.1, 0.15) is 36.1 Å². The van der Waals surface area contributed by atoms with Crippen molar-refractivity contribution < 1.29 is 0 Å². The molecule has 0 aliphatic heterocycles. The summed E-state index contributed by atoms with van der Waals surface area (Å²) < 4.78 is 1.85. The molecule has 0 aliphatic rings. The standard InChI is InChI=1S/C16H26N4S/c1-16(2,3)17-9-14-6-7-15(21-14)12-19(4)10-13-8-18-20(5)11-13/h6-8,11,17H,9-10,12H2,1-5H3. The van der Waals surface area contributed by atoms with Crippen LogP contribution < -0.4 is 5.32 Å². The number of thiophene rings is 1. The molecule has 0 fully saturated rings. The predicted octanol–water partition coefficient (Wildman–Crippen LogP) is 3.00. The number of aromatic nitrogens is 2. The van der Waals surface area contributed by atoms with Crippen LogP contribution in [0.3, 0.4) is 0 Å². The summed E-state index contributed by atoms with van der Waals surface area (Å²) in [5, 5.41) is 7.75. The molecule has 0 aromatic carbocycles. The van der Waals surface area contributed by atoms with Gasteiger partial charge in [-0.25, -0.2) is 0 Å². The Balaban J connectivity index is 1.84. The Kier molecular flexibility index (Phi) is 5.19. The third kappa shape index (κ3) is 5.61. The highest BCUT2D eigenvalue weighted by molar-refractivity contribution is 7.11. The van der Waals surface area contributed by atoms with Crippen LogP contribution in [0.15, 0.2) is 24.5 Å². The van der Waals surface area contributed by atoms with Gasteiger partial charge in [0.1, 0.15) is 0 Å². The van der Waals surface area contributed by atoms with E-state index in [1.165, 1.54) is 15.3 Å². The van der Waals surface area contributed by atoms with Crippen molar-refractivity contribution in [1.82, 2.24) is 20.0 Å². The van der Waals surface area contributed by atoms with Crippen LogP contribution in [-0.2, 0) is 26.7 Å². The molecule has 1 N–H and O–H groups in total. The molecule has 2 aromatic rings.